The molecule has 1 fully saturated rings. The highest BCUT2D eigenvalue weighted by atomic mass is 32.2. The van der Waals surface area contributed by atoms with Gasteiger partial charge in [0, 0.05) is 5.57 Å². The highest BCUT2D eigenvalue weighted by Crippen LogP contribution is 2.33. The molecule has 15 heavy (non-hydrogen) atoms. The molecule has 1 aliphatic heterocycles. The molecule has 7 heteroatoms. The van der Waals surface area contributed by atoms with Gasteiger partial charge in [-0.1, -0.05) is 6.08 Å². The number of hydrogen-bond acceptors (Lipinski definition) is 5. The molecule has 1 heterocycles. The summed E-state index contributed by atoms with van der Waals surface area (Å²) >= 11 is -2.90. The Morgan fingerprint density at radius 2 is 2.27 bits per heavy atom. The Morgan fingerprint density at radius 1 is 1.53 bits per heavy atom. The Bertz CT molecular complexity index is 377. The predicted molar refractivity (Wildman–Crippen MR) is 47.3 cm³/mol. The smallest absolute Gasteiger partial charge is 0.282 e. The van der Waals surface area contributed by atoms with E-state index in [-0.39, 0.29) is 0 Å². The van der Waals surface area contributed by atoms with Crippen molar-refractivity contribution in [2.75, 3.05) is 0 Å². The van der Waals surface area contributed by atoms with Gasteiger partial charge in [0.2, 0.25) is 0 Å². The quantitative estimate of drug-likeness (QED) is 0.484. The van der Waals surface area contributed by atoms with Gasteiger partial charge >= 0.3 is 0 Å². The molecule has 2 unspecified atom stereocenters. The molecule has 1 saturated heterocycles. The van der Waals surface area contributed by atoms with E-state index < -0.39 is 29.1 Å². The third-order valence-electron chi connectivity index (χ3n) is 2.50. The molecule has 0 aromatic rings. The van der Waals surface area contributed by atoms with Crippen LogP contribution in [-0.2, 0) is 25.2 Å². The minimum Gasteiger partial charge on any atom is -0.748 e. The molecule has 1 aliphatic carbocycles. The lowest BCUT2D eigenvalue weighted by Crippen LogP contribution is -2.31. The third kappa shape index (κ3) is 1.73. The van der Waals surface area contributed by atoms with Crippen LogP contribution in [0.15, 0.2) is 11.6 Å². The van der Waals surface area contributed by atoms with Crippen molar-refractivity contribution in [1.29, 1.82) is 0 Å². The van der Waals surface area contributed by atoms with Crippen LogP contribution < -0.4 is 0 Å². The Morgan fingerprint density at radius 3 is 2.87 bits per heavy atom. The molecule has 6 nitrogen and oxygen atoms in total. The minimum absolute atomic E-state index is 0.324. The van der Waals surface area contributed by atoms with Gasteiger partial charge in [-0.2, -0.15) is 4.28 Å². The van der Waals surface area contributed by atoms with Crippen LogP contribution in [0, 0.1) is 5.92 Å². The van der Waals surface area contributed by atoms with E-state index in [2.05, 4.69) is 4.28 Å². The van der Waals surface area contributed by atoms with Crippen molar-refractivity contribution >= 4 is 23.2 Å². The second kappa shape index (κ2) is 3.84. The fraction of sp³-hybridized carbons (Fsp3) is 0.500. The Kier molecular flexibility index (Phi) is 2.68. The average Bonchev–Trinajstić information content (AvgIpc) is 2.44. The molecule has 0 bridgehead atoms. The molecule has 0 saturated carbocycles. The molecular weight excluding hydrogens is 222 g/mol. The first-order chi connectivity index (χ1) is 7.11. The normalized spacial score (nSPS) is 27.7. The lowest BCUT2D eigenvalue weighted by molar-refractivity contribution is -0.164. The van der Waals surface area contributed by atoms with Crippen LogP contribution in [0.25, 0.3) is 0 Å². The zero-order valence-electron chi connectivity index (χ0n) is 7.67. The fourth-order valence-electron chi connectivity index (χ4n) is 1.86. The van der Waals surface area contributed by atoms with Gasteiger partial charge in [-0.15, -0.1) is 5.06 Å². The summed E-state index contributed by atoms with van der Waals surface area (Å²) in [6.45, 7) is 0. The molecule has 0 spiro atoms. The Labute approximate surface area is 88.3 Å². The zero-order chi connectivity index (χ0) is 11.0. The van der Waals surface area contributed by atoms with Crippen molar-refractivity contribution in [1.82, 2.24) is 5.06 Å². The first-order valence-electron chi connectivity index (χ1n) is 4.47. The molecule has 2 atom stereocenters. The van der Waals surface area contributed by atoms with Gasteiger partial charge < -0.3 is 4.55 Å². The fourth-order valence-corrected chi connectivity index (χ4v) is 2.12. The predicted octanol–water partition coefficient (Wildman–Crippen LogP) is -0.193. The van der Waals surface area contributed by atoms with Crippen molar-refractivity contribution in [2.45, 2.75) is 19.3 Å². The van der Waals surface area contributed by atoms with Crippen molar-refractivity contribution in [2.24, 2.45) is 5.92 Å². The summed E-state index contributed by atoms with van der Waals surface area (Å²) in [6.07, 6.45) is 3.80. The number of carbonyl (C=O) groups excluding carboxylic acids is 2. The van der Waals surface area contributed by atoms with E-state index in [9.17, 15) is 18.4 Å². The maximum absolute atomic E-state index is 11.6. The van der Waals surface area contributed by atoms with Gasteiger partial charge in [-0.05, 0) is 19.3 Å². The van der Waals surface area contributed by atoms with E-state index in [4.69, 9.17) is 0 Å². The summed E-state index contributed by atoms with van der Waals surface area (Å²) < 4.78 is 24.7. The number of rotatable bonds is 2. The number of nitrogens with zero attached hydrogens (tertiary/aromatic N) is 1. The van der Waals surface area contributed by atoms with E-state index in [1.807, 2.05) is 0 Å². The van der Waals surface area contributed by atoms with Crippen LogP contribution in [0.4, 0.5) is 0 Å². The van der Waals surface area contributed by atoms with E-state index in [0.29, 0.717) is 17.1 Å². The summed E-state index contributed by atoms with van der Waals surface area (Å²) in [7, 11) is 0. The zero-order valence-corrected chi connectivity index (χ0v) is 8.49. The van der Waals surface area contributed by atoms with Gasteiger partial charge in [0.25, 0.3) is 11.8 Å². The third-order valence-corrected chi connectivity index (χ3v) is 2.77. The van der Waals surface area contributed by atoms with Crippen molar-refractivity contribution in [3.63, 3.8) is 0 Å². The molecule has 0 aromatic carbocycles. The summed E-state index contributed by atoms with van der Waals surface area (Å²) in [4.78, 5) is 23.1. The van der Waals surface area contributed by atoms with E-state index in [1.54, 1.807) is 6.08 Å². The second-order valence-electron chi connectivity index (χ2n) is 3.36. The van der Waals surface area contributed by atoms with Crippen LogP contribution in [0.5, 0.6) is 0 Å². The number of fused-ring (bicyclic) bond motifs is 1. The Balaban J connectivity index is 2.26. The molecule has 82 valence electrons. The second-order valence-corrected chi connectivity index (χ2v) is 3.92. The molecular formula is C8H8NO5S-. The van der Waals surface area contributed by atoms with Crippen LogP contribution in [0.2, 0.25) is 0 Å². The Hall–Kier alpha value is -1.05. The maximum Gasteiger partial charge on any atom is 0.282 e. The van der Waals surface area contributed by atoms with E-state index in [0.717, 1.165) is 12.8 Å². The molecule has 2 aliphatic rings. The highest BCUT2D eigenvalue weighted by molar-refractivity contribution is 7.74. The number of hydrogen-bond donors (Lipinski definition) is 0. The lowest BCUT2D eigenvalue weighted by Gasteiger charge is -2.14. The van der Waals surface area contributed by atoms with Gasteiger partial charge in [0.1, 0.15) is 11.4 Å². The summed E-state index contributed by atoms with van der Waals surface area (Å²) in [5.41, 5.74) is 0.358. The molecule has 2 amide bonds. The molecule has 2 rings (SSSR count). The summed E-state index contributed by atoms with van der Waals surface area (Å²) in [5, 5.41) is 0.324. The standard InChI is InChI=1S/C8H9NO5S/c10-7-5-3-1-2-4-6(5)8(11)9(7)14-15(12)13/h3,6H,1-2,4H2,(H,12,13)/p-1. The molecule has 0 radical (unpaired) electrons. The van der Waals surface area contributed by atoms with Crippen molar-refractivity contribution < 1.29 is 22.6 Å². The van der Waals surface area contributed by atoms with Crippen LogP contribution in [-0.4, -0.2) is 25.6 Å². The van der Waals surface area contributed by atoms with Gasteiger partial charge in [0.15, 0.2) is 0 Å². The number of carbonyl (C=O) groups is 2. The highest BCUT2D eigenvalue weighted by Gasteiger charge is 2.45. The number of allylic oxidation sites excluding steroid dienone is 1. The summed E-state index contributed by atoms with van der Waals surface area (Å²) in [5.74, 6) is -1.76. The van der Waals surface area contributed by atoms with Crippen LogP contribution >= 0.6 is 0 Å². The number of imide groups is 1. The van der Waals surface area contributed by atoms with Crippen molar-refractivity contribution in [3.05, 3.63) is 11.6 Å². The van der Waals surface area contributed by atoms with Gasteiger partial charge in [-0.25, -0.2) is 4.21 Å². The average molecular weight is 230 g/mol. The van der Waals surface area contributed by atoms with Crippen LogP contribution in [0.1, 0.15) is 19.3 Å². The monoisotopic (exact) mass is 230 g/mol. The maximum atomic E-state index is 11.6. The largest absolute Gasteiger partial charge is 0.748 e. The minimum atomic E-state index is -2.90. The van der Waals surface area contributed by atoms with E-state index in [1.165, 1.54) is 0 Å². The van der Waals surface area contributed by atoms with Gasteiger partial charge in [-0.3, -0.25) is 9.59 Å². The van der Waals surface area contributed by atoms with Gasteiger partial charge in [0.05, 0.1) is 5.92 Å². The number of hydroxylamine groups is 2. The van der Waals surface area contributed by atoms with E-state index >= 15 is 0 Å². The molecule has 0 N–H and O–H groups in total. The molecule has 0 aromatic heterocycles. The first kappa shape index (κ1) is 10.5. The number of amides is 2. The van der Waals surface area contributed by atoms with Crippen LogP contribution in [0.3, 0.4) is 0 Å². The lowest BCUT2D eigenvalue weighted by atomic mass is 9.90. The SMILES string of the molecule is O=C1C2=CCCCC2C(=O)N1OS(=O)[O-]. The first-order valence-corrected chi connectivity index (χ1v) is 5.47. The topological polar surface area (TPSA) is 86.7 Å². The van der Waals surface area contributed by atoms with Crippen molar-refractivity contribution in [3.8, 4) is 0 Å². The summed E-state index contributed by atoms with van der Waals surface area (Å²) in [6, 6.07) is 0.